The normalized spacial score (nSPS) is 22.0. The molecule has 2 aliphatic heterocycles. The summed E-state index contributed by atoms with van der Waals surface area (Å²) in [7, 11) is 0. The first-order chi connectivity index (χ1) is 15.5. The molecule has 10 heteroatoms. The van der Waals surface area contributed by atoms with E-state index in [1.807, 2.05) is 11.8 Å². The zero-order valence-electron chi connectivity index (χ0n) is 18.8. The Bertz CT molecular complexity index is 637. The SMILES string of the molecule is O=C(O)CCCCCNC(=O)CCCCC[AsH]C(=O)CCCC[C@@H]1SC[C@@H]2NC(=O)N[C@@H]21. The molecule has 4 atom stereocenters. The van der Waals surface area contributed by atoms with E-state index in [4.69, 9.17) is 5.11 Å². The molecule has 2 saturated heterocycles. The summed E-state index contributed by atoms with van der Waals surface area (Å²) in [6.45, 7) is 0.616. The number of carbonyl (C=O) groups excluding carboxylic acids is 3. The Morgan fingerprint density at radius 2 is 1.72 bits per heavy atom. The van der Waals surface area contributed by atoms with Crippen LogP contribution < -0.4 is 16.0 Å². The predicted octanol–water partition coefficient (Wildman–Crippen LogP) is 2.42. The van der Waals surface area contributed by atoms with Gasteiger partial charge in [-0.05, 0) is 0 Å². The van der Waals surface area contributed by atoms with Gasteiger partial charge in [0.25, 0.3) is 0 Å². The van der Waals surface area contributed by atoms with Crippen molar-refractivity contribution in [3.8, 4) is 0 Å². The zero-order chi connectivity index (χ0) is 23.2. The van der Waals surface area contributed by atoms with E-state index in [1.165, 1.54) is 0 Å². The molecule has 32 heavy (non-hydrogen) atoms. The van der Waals surface area contributed by atoms with Crippen molar-refractivity contribution in [2.45, 2.75) is 99.6 Å². The molecule has 1 unspecified atom stereocenters. The van der Waals surface area contributed by atoms with Crippen LogP contribution in [0.3, 0.4) is 0 Å². The first-order valence-electron chi connectivity index (χ1n) is 11.9. The second-order valence-electron chi connectivity index (χ2n) is 8.58. The molecule has 8 nitrogen and oxygen atoms in total. The van der Waals surface area contributed by atoms with E-state index in [2.05, 4.69) is 16.0 Å². The molecule has 3 amide bonds. The first-order valence-corrected chi connectivity index (χ1v) is 15.5. The van der Waals surface area contributed by atoms with Gasteiger partial charge < -0.3 is 5.11 Å². The molecule has 0 aromatic heterocycles. The molecular weight excluding hydrogens is 493 g/mol. The Labute approximate surface area is 201 Å². The molecule has 2 aliphatic rings. The van der Waals surface area contributed by atoms with Crippen LogP contribution in [0.2, 0.25) is 5.21 Å². The number of unbranched alkanes of at least 4 members (excludes halogenated alkanes) is 5. The fraction of sp³-hybridized carbons (Fsp3) is 0.818. The molecule has 2 heterocycles. The van der Waals surface area contributed by atoms with E-state index in [9.17, 15) is 19.2 Å². The minimum absolute atomic E-state index is 0.0449. The van der Waals surface area contributed by atoms with Crippen molar-refractivity contribution >= 4 is 50.0 Å². The van der Waals surface area contributed by atoms with Gasteiger partial charge in [0.15, 0.2) is 0 Å². The van der Waals surface area contributed by atoms with Crippen molar-refractivity contribution in [2.24, 2.45) is 0 Å². The van der Waals surface area contributed by atoms with Crippen LogP contribution >= 0.6 is 11.8 Å². The number of rotatable bonds is 18. The molecule has 0 aromatic carbocycles. The van der Waals surface area contributed by atoms with Crippen LogP contribution in [0.4, 0.5) is 4.79 Å². The zero-order valence-corrected chi connectivity index (χ0v) is 21.7. The number of amides is 3. The van der Waals surface area contributed by atoms with Gasteiger partial charge in [0, 0.05) is 0 Å². The summed E-state index contributed by atoms with van der Waals surface area (Å²) in [6.07, 6.45) is 9.66. The topological polar surface area (TPSA) is 125 Å². The van der Waals surface area contributed by atoms with Gasteiger partial charge in [-0.25, -0.2) is 0 Å². The molecule has 182 valence electrons. The van der Waals surface area contributed by atoms with Gasteiger partial charge in [0.05, 0.1) is 0 Å². The van der Waals surface area contributed by atoms with Crippen LogP contribution in [0.1, 0.15) is 77.0 Å². The standard InChI is InChI=1S/C22H38AsN3O5S/c27-18(10-6-5-9-17-21-16(15-32-17)25-22(31)26-21)23-13-7-1-3-11-19(28)24-14-8-2-4-12-20(29)30/h16-17,21,23H,1-15H2,(H,24,28)(H,29,30)(H2,25,26,31)/t16-,17-,21-/m0/s1. The van der Waals surface area contributed by atoms with E-state index in [0.29, 0.717) is 35.6 Å². The van der Waals surface area contributed by atoms with Crippen molar-refractivity contribution in [1.29, 1.82) is 0 Å². The molecule has 2 fully saturated rings. The minimum atomic E-state index is -0.769. The summed E-state index contributed by atoms with van der Waals surface area (Å²) in [5, 5.41) is 18.9. The number of hydrogen-bond acceptors (Lipinski definition) is 5. The van der Waals surface area contributed by atoms with E-state index < -0.39 is 21.7 Å². The third kappa shape index (κ3) is 11.1. The van der Waals surface area contributed by atoms with Crippen LogP contribution in [0, 0.1) is 0 Å². The van der Waals surface area contributed by atoms with E-state index in [0.717, 1.165) is 62.3 Å². The molecule has 0 saturated carbocycles. The summed E-state index contributed by atoms with van der Waals surface area (Å²) in [6, 6.07) is 0.478. The molecule has 0 radical (unpaired) electrons. The van der Waals surface area contributed by atoms with Crippen LogP contribution in [0.15, 0.2) is 0 Å². The molecule has 0 aromatic rings. The van der Waals surface area contributed by atoms with Gasteiger partial charge in [-0.1, -0.05) is 0 Å². The van der Waals surface area contributed by atoms with Crippen molar-refractivity contribution in [3.05, 3.63) is 0 Å². The van der Waals surface area contributed by atoms with Crippen molar-refractivity contribution < 1.29 is 24.3 Å². The summed E-state index contributed by atoms with van der Waals surface area (Å²) in [4.78, 5) is 45.7. The molecule has 0 bridgehead atoms. The Kier molecular flexibility index (Phi) is 13.2. The summed E-state index contributed by atoms with van der Waals surface area (Å²) in [5.41, 5.74) is 0. The summed E-state index contributed by atoms with van der Waals surface area (Å²) in [5.74, 6) is 0.277. The molecule has 0 aliphatic carbocycles. The van der Waals surface area contributed by atoms with Crippen LogP contribution in [-0.2, 0) is 14.4 Å². The monoisotopic (exact) mass is 531 g/mol. The number of hydrogen-bond donors (Lipinski definition) is 4. The van der Waals surface area contributed by atoms with Crippen molar-refractivity contribution in [3.63, 3.8) is 0 Å². The van der Waals surface area contributed by atoms with Gasteiger partial charge >= 0.3 is 192 Å². The van der Waals surface area contributed by atoms with Gasteiger partial charge in [0.2, 0.25) is 0 Å². The second-order valence-corrected chi connectivity index (χ2v) is 12.8. The second kappa shape index (κ2) is 15.6. The van der Waals surface area contributed by atoms with E-state index in [1.54, 1.807) is 0 Å². The maximum absolute atomic E-state index is 12.1. The Balaban J connectivity index is 1.35. The average Bonchev–Trinajstić information content (AvgIpc) is 3.29. The number of aliphatic carboxylic acids is 1. The Morgan fingerprint density at radius 3 is 2.53 bits per heavy atom. The third-order valence-electron chi connectivity index (χ3n) is 5.87. The number of urea groups is 1. The summed E-state index contributed by atoms with van der Waals surface area (Å²) >= 11 is 1.39. The maximum atomic E-state index is 12.1. The number of carboxylic acids is 1. The van der Waals surface area contributed by atoms with E-state index in [-0.39, 0.29) is 30.4 Å². The number of nitrogens with one attached hydrogen (secondary N) is 3. The molecule has 4 N–H and O–H groups in total. The van der Waals surface area contributed by atoms with Gasteiger partial charge in [-0.3, -0.25) is 4.79 Å². The molecular formula is C22H38AsN3O5S. The molecule has 0 spiro atoms. The fourth-order valence-electron chi connectivity index (χ4n) is 4.07. The van der Waals surface area contributed by atoms with Gasteiger partial charge in [0.1, 0.15) is 0 Å². The molecule has 2 rings (SSSR count). The fourth-order valence-corrected chi connectivity index (χ4v) is 7.84. The number of carboxylic acid groups (broad SMARTS) is 1. The number of fused-ring (bicyclic) bond motifs is 1. The van der Waals surface area contributed by atoms with Crippen LogP contribution in [0.25, 0.3) is 0 Å². The van der Waals surface area contributed by atoms with E-state index >= 15 is 0 Å². The Hall–Kier alpha value is -1.21. The average molecular weight is 532 g/mol. The van der Waals surface area contributed by atoms with Crippen LogP contribution in [0.5, 0.6) is 0 Å². The third-order valence-corrected chi connectivity index (χ3v) is 10.00. The van der Waals surface area contributed by atoms with Crippen molar-refractivity contribution in [1.82, 2.24) is 16.0 Å². The Morgan fingerprint density at radius 1 is 0.969 bits per heavy atom. The van der Waals surface area contributed by atoms with Gasteiger partial charge in [-0.15, -0.1) is 0 Å². The van der Waals surface area contributed by atoms with Gasteiger partial charge in [-0.2, -0.15) is 0 Å². The van der Waals surface area contributed by atoms with Crippen molar-refractivity contribution in [2.75, 3.05) is 12.3 Å². The number of thioether (sulfide) groups is 1. The quantitative estimate of drug-likeness (QED) is 0.122. The predicted molar refractivity (Wildman–Crippen MR) is 129 cm³/mol. The van der Waals surface area contributed by atoms with Crippen LogP contribution in [-0.4, -0.2) is 73.0 Å². The number of carbonyl (C=O) groups is 4. The summed E-state index contributed by atoms with van der Waals surface area (Å²) < 4.78 is 0.457. The first kappa shape index (κ1) is 27.0.